The molecule has 1 unspecified atom stereocenters. The molecule has 0 amide bonds. The fourth-order valence-electron chi connectivity index (χ4n) is 3.18. The van der Waals surface area contributed by atoms with Crippen LogP contribution in [0, 0.1) is 0 Å². The molecule has 1 aromatic heterocycles. The Bertz CT molecular complexity index is 643. The third-order valence-corrected chi connectivity index (χ3v) is 5.39. The highest BCUT2D eigenvalue weighted by Crippen LogP contribution is 2.36. The van der Waals surface area contributed by atoms with Crippen molar-refractivity contribution in [2.75, 3.05) is 21.3 Å². The standard InChI is InChI=1S/C18H23NO3S/c1-20-12-9-16(21-2)14(17(10-12)22-3)11-19-15-5-4-6-18-13(15)7-8-23-18/h7-10,15,19H,4-6,11H2,1-3H3. The molecular weight excluding hydrogens is 310 g/mol. The number of ether oxygens (including phenoxy) is 3. The zero-order valence-electron chi connectivity index (χ0n) is 13.8. The van der Waals surface area contributed by atoms with E-state index in [9.17, 15) is 0 Å². The molecule has 23 heavy (non-hydrogen) atoms. The van der Waals surface area contributed by atoms with Crippen LogP contribution in [0.25, 0.3) is 0 Å². The van der Waals surface area contributed by atoms with Crippen LogP contribution in [0.3, 0.4) is 0 Å². The highest BCUT2D eigenvalue weighted by molar-refractivity contribution is 7.10. The Morgan fingerprint density at radius 2 is 1.87 bits per heavy atom. The van der Waals surface area contributed by atoms with E-state index in [1.165, 1.54) is 29.7 Å². The van der Waals surface area contributed by atoms with Gasteiger partial charge in [-0.1, -0.05) is 0 Å². The van der Waals surface area contributed by atoms with E-state index in [4.69, 9.17) is 14.2 Å². The Hall–Kier alpha value is -1.72. The van der Waals surface area contributed by atoms with Crippen molar-refractivity contribution in [1.82, 2.24) is 5.32 Å². The first-order valence-corrected chi connectivity index (χ1v) is 8.73. The molecule has 1 N–H and O–H groups in total. The number of nitrogens with one attached hydrogen (secondary N) is 1. The van der Waals surface area contributed by atoms with E-state index in [-0.39, 0.29) is 0 Å². The summed E-state index contributed by atoms with van der Waals surface area (Å²) in [6.45, 7) is 0.705. The average molecular weight is 333 g/mol. The molecule has 2 aromatic rings. The van der Waals surface area contributed by atoms with Gasteiger partial charge < -0.3 is 19.5 Å². The summed E-state index contributed by atoms with van der Waals surface area (Å²) in [6.07, 6.45) is 3.62. The number of hydrogen-bond acceptors (Lipinski definition) is 5. The molecule has 3 rings (SSSR count). The Balaban J connectivity index is 1.81. The molecule has 0 spiro atoms. The van der Waals surface area contributed by atoms with Gasteiger partial charge in [-0.15, -0.1) is 11.3 Å². The van der Waals surface area contributed by atoms with Crippen molar-refractivity contribution in [3.63, 3.8) is 0 Å². The van der Waals surface area contributed by atoms with Crippen molar-refractivity contribution in [3.05, 3.63) is 39.6 Å². The predicted molar refractivity (Wildman–Crippen MR) is 92.9 cm³/mol. The van der Waals surface area contributed by atoms with Crippen molar-refractivity contribution in [2.45, 2.75) is 31.8 Å². The van der Waals surface area contributed by atoms with Crippen LogP contribution in [-0.2, 0) is 13.0 Å². The average Bonchev–Trinajstić information content (AvgIpc) is 3.08. The monoisotopic (exact) mass is 333 g/mol. The molecule has 124 valence electrons. The molecule has 0 saturated carbocycles. The molecule has 1 aliphatic rings. The van der Waals surface area contributed by atoms with Gasteiger partial charge in [-0.3, -0.25) is 0 Å². The van der Waals surface area contributed by atoms with Crippen LogP contribution in [0.2, 0.25) is 0 Å². The summed E-state index contributed by atoms with van der Waals surface area (Å²) in [6, 6.07) is 6.45. The van der Waals surface area contributed by atoms with Gasteiger partial charge in [0.05, 0.1) is 26.9 Å². The Kier molecular flexibility index (Phi) is 5.08. The number of hydrogen-bond donors (Lipinski definition) is 1. The highest BCUT2D eigenvalue weighted by atomic mass is 32.1. The maximum absolute atomic E-state index is 5.53. The van der Waals surface area contributed by atoms with Gasteiger partial charge in [0.2, 0.25) is 0 Å². The van der Waals surface area contributed by atoms with Gasteiger partial charge in [0, 0.05) is 29.6 Å². The summed E-state index contributed by atoms with van der Waals surface area (Å²) in [5, 5.41) is 5.87. The molecule has 1 aromatic carbocycles. The van der Waals surface area contributed by atoms with Crippen molar-refractivity contribution >= 4 is 11.3 Å². The lowest BCUT2D eigenvalue weighted by Gasteiger charge is -2.25. The number of fused-ring (bicyclic) bond motifs is 1. The van der Waals surface area contributed by atoms with E-state index in [0.717, 1.165) is 22.8 Å². The minimum atomic E-state index is 0.404. The third-order valence-electron chi connectivity index (χ3n) is 4.39. The van der Waals surface area contributed by atoms with Crippen molar-refractivity contribution in [2.24, 2.45) is 0 Å². The summed E-state index contributed by atoms with van der Waals surface area (Å²) >= 11 is 1.87. The van der Waals surface area contributed by atoms with E-state index in [1.54, 1.807) is 21.3 Å². The van der Waals surface area contributed by atoms with Gasteiger partial charge in [-0.25, -0.2) is 0 Å². The summed E-state index contributed by atoms with van der Waals surface area (Å²) in [5.41, 5.74) is 2.48. The maximum Gasteiger partial charge on any atom is 0.130 e. The van der Waals surface area contributed by atoms with E-state index in [1.807, 2.05) is 23.5 Å². The van der Waals surface area contributed by atoms with Crippen LogP contribution in [0.15, 0.2) is 23.6 Å². The lowest BCUT2D eigenvalue weighted by atomic mass is 9.94. The second kappa shape index (κ2) is 7.23. The van der Waals surface area contributed by atoms with Crippen LogP contribution in [-0.4, -0.2) is 21.3 Å². The van der Waals surface area contributed by atoms with Crippen LogP contribution >= 0.6 is 11.3 Å². The van der Waals surface area contributed by atoms with E-state index in [2.05, 4.69) is 16.8 Å². The molecule has 0 saturated heterocycles. The van der Waals surface area contributed by atoms with Gasteiger partial charge in [-0.05, 0) is 36.3 Å². The molecule has 0 bridgehead atoms. The topological polar surface area (TPSA) is 39.7 Å². The van der Waals surface area contributed by atoms with Crippen LogP contribution in [0.1, 0.15) is 34.9 Å². The van der Waals surface area contributed by atoms with Gasteiger partial charge in [0.15, 0.2) is 0 Å². The van der Waals surface area contributed by atoms with Crippen molar-refractivity contribution < 1.29 is 14.2 Å². The second-order valence-electron chi connectivity index (χ2n) is 5.64. The normalized spacial score (nSPS) is 16.7. The Morgan fingerprint density at radius 3 is 2.52 bits per heavy atom. The quantitative estimate of drug-likeness (QED) is 0.869. The van der Waals surface area contributed by atoms with Gasteiger partial charge in [-0.2, -0.15) is 0 Å². The molecule has 1 heterocycles. The van der Waals surface area contributed by atoms with E-state index >= 15 is 0 Å². The minimum Gasteiger partial charge on any atom is -0.496 e. The molecule has 1 aliphatic carbocycles. The van der Waals surface area contributed by atoms with Gasteiger partial charge >= 0.3 is 0 Å². The molecule has 5 heteroatoms. The van der Waals surface area contributed by atoms with E-state index in [0.29, 0.717) is 12.6 Å². The molecule has 1 atom stereocenters. The SMILES string of the molecule is COc1cc(OC)c(CNC2CCCc3sccc32)c(OC)c1. The van der Waals surface area contributed by atoms with Crippen LogP contribution < -0.4 is 19.5 Å². The first-order chi connectivity index (χ1) is 11.3. The predicted octanol–water partition coefficient (Wildman–Crippen LogP) is 3.94. The van der Waals surface area contributed by atoms with Crippen molar-refractivity contribution in [3.8, 4) is 17.2 Å². The number of aryl methyl sites for hydroxylation is 1. The third kappa shape index (κ3) is 3.31. The zero-order valence-corrected chi connectivity index (χ0v) is 14.7. The Labute approximate surface area is 141 Å². The number of benzene rings is 1. The summed E-state index contributed by atoms with van der Waals surface area (Å²) in [5.74, 6) is 2.31. The Morgan fingerprint density at radius 1 is 1.13 bits per heavy atom. The van der Waals surface area contributed by atoms with Crippen LogP contribution in [0.5, 0.6) is 17.2 Å². The number of methoxy groups -OCH3 is 3. The lowest BCUT2D eigenvalue weighted by Crippen LogP contribution is -2.24. The fraction of sp³-hybridized carbons (Fsp3) is 0.444. The summed E-state index contributed by atoms with van der Waals surface area (Å²) in [7, 11) is 5.00. The largest absolute Gasteiger partial charge is 0.496 e. The summed E-state index contributed by atoms with van der Waals surface area (Å²) < 4.78 is 16.4. The first-order valence-electron chi connectivity index (χ1n) is 7.85. The smallest absolute Gasteiger partial charge is 0.130 e. The highest BCUT2D eigenvalue weighted by Gasteiger charge is 2.22. The molecule has 4 nitrogen and oxygen atoms in total. The van der Waals surface area contributed by atoms with Crippen LogP contribution in [0.4, 0.5) is 0 Å². The second-order valence-corrected chi connectivity index (χ2v) is 6.64. The maximum atomic E-state index is 5.53. The zero-order chi connectivity index (χ0) is 16.2. The first kappa shape index (κ1) is 16.1. The van der Waals surface area contributed by atoms with Gasteiger partial charge in [0.25, 0.3) is 0 Å². The minimum absolute atomic E-state index is 0.404. The molecular formula is C18H23NO3S. The molecule has 0 fully saturated rings. The van der Waals surface area contributed by atoms with E-state index < -0.39 is 0 Å². The van der Waals surface area contributed by atoms with Crippen molar-refractivity contribution in [1.29, 1.82) is 0 Å². The lowest BCUT2D eigenvalue weighted by molar-refractivity contribution is 0.362. The molecule has 0 radical (unpaired) electrons. The number of rotatable bonds is 6. The number of thiophene rings is 1. The summed E-state index contributed by atoms with van der Waals surface area (Å²) in [4.78, 5) is 1.52. The molecule has 0 aliphatic heterocycles. The fourth-order valence-corrected chi connectivity index (χ4v) is 4.16. The van der Waals surface area contributed by atoms with Gasteiger partial charge in [0.1, 0.15) is 17.2 Å².